The van der Waals surface area contributed by atoms with Crippen molar-refractivity contribution in [1.29, 1.82) is 0 Å². The zero-order valence-corrected chi connectivity index (χ0v) is 19.7. The van der Waals surface area contributed by atoms with Crippen molar-refractivity contribution in [3.63, 3.8) is 0 Å². The Kier molecular flexibility index (Phi) is 6.24. The lowest BCUT2D eigenvalue weighted by atomic mass is 9.68. The Balaban J connectivity index is 1.89. The molecule has 0 heterocycles. The number of methoxy groups -OCH3 is 1. The Labute approximate surface area is 180 Å². The molecular weight excluding hydrogens is 402 g/mol. The van der Waals surface area contributed by atoms with Gasteiger partial charge in [-0.25, -0.2) is 8.42 Å². The summed E-state index contributed by atoms with van der Waals surface area (Å²) in [4.78, 5) is 13.3. The van der Waals surface area contributed by atoms with Gasteiger partial charge in [0.25, 0.3) is 5.91 Å². The van der Waals surface area contributed by atoms with Crippen molar-refractivity contribution in [2.75, 3.05) is 39.7 Å². The number of fused-ring (bicyclic) bond motifs is 2. The summed E-state index contributed by atoms with van der Waals surface area (Å²) in [6.45, 7) is 7.25. The summed E-state index contributed by atoms with van der Waals surface area (Å²) in [6, 6.07) is 4.88. The van der Waals surface area contributed by atoms with Crippen molar-refractivity contribution in [2.24, 2.45) is 16.7 Å². The lowest BCUT2D eigenvalue weighted by Gasteiger charge is -2.43. The predicted molar refractivity (Wildman–Crippen MR) is 118 cm³/mol. The van der Waals surface area contributed by atoms with Crippen LogP contribution in [0.4, 0.5) is 5.69 Å². The number of carbonyl (C=O) groups is 1. The first kappa shape index (κ1) is 23.0. The zero-order chi connectivity index (χ0) is 22.3. The number of likely N-dealkylation sites (N-methyl/N-ethyl adjacent to an activating group) is 1. The minimum Gasteiger partial charge on any atom is -0.387 e. The number of rotatable bonds is 8. The second kappa shape index (κ2) is 8.13. The number of sulfonamides is 1. The Bertz CT molecular complexity index is 910. The average Bonchev–Trinajstić information content (AvgIpc) is 3.19. The number of hydrogen-bond donors (Lipinski definition) is 2. The summed E-state index contributed by atoms with van der Waals surface area (Å²) in [5.41, 5.74) is 0.949. The van der Waals surface area contributed by atoms with Crippen LogP contribution >= 0.6 is 0 Å². The standard InChI is InChI=1S/C22H35N3O4S/c1-21(2)16-9-10-22(3,14-16)20(21)24-19(26)15-7-8-17(23-4)18(13-15)30(27,28)25(5)11-12-29-6/h7-8,13,16,20,23H,9-12,14H2,1-6H3,(H,24,26)/t16-,20?,22-/m1/s1. The van der Waals surface area contributed by atoms with Gasteiger partial charge >= 0.3 is 0 Å². The van der Waals surface area contributed by atoms with Crippen LogP contribution in [0.2, 0.25) is 0 Å². The highest BCUT2D eigenvalue weighted by Crippen LogP contribution is 2.62. The van der Waals surface area contributed by atoms with Crippen LogP contribution in [-0.4, -0.2) is 59.0 Å². The van der Waals surface area contributed by atoms with E-state index in [1.807, 2.05) is 0 Å². The van der Waals surface area contributed by atoms with Crippen molar-refractivity contribution < 1.29 is 17.9 Å². The van der Waals surface area contributed by atoms with Gasteiger partial charge in [0, 0.05) is 39.4 Å². The van der Waals surface area contributed by atoms with E-state index in [0.717, 1.165) is 12.8 Å². The van der Waals surface area contributed by atoms with Crippen LogP contribution in [0.5, 0.6) is 0 Å². The second-order valence-electron chi connectivity index (χ2n) is 9.60. The molecule has 1 aromatic rings. The van der Waals surface area contributed by atoms with E-state index in [1.54, 1.807) is 19.2 Å². The molecule has 30 heavy (non-hydrogen) atoms. The molecule has 1 unspecified atom stereocenters. The number of carbonyl (C=O) groups excluding carboxylic acids is 1. The first-order chi connectivity index (χ1) is 14.0. The van der Waals surface area contributed by atoms with E-state index in [2.05, 4.69) is 31.4 Å². The van der Waals surface area contributed by atoms with E-state index in [-0.39, 0.29) is 34.2 Å². The largest absolute Gasteiger partial charge is 0.387 e. The fraction of sp³-hybridized carbons (Fsp3) is 0.682. The number of nitrogens with zero attached hydrogens (tertiary/aromatic N) is 1. The van der Waals surface area contributed by atoms with E-state index in [0.29, 0.717) is 23.8 Å². The van der Waals surface area contributed by atoms with Crippen molar-refractivity contribution in [2.45, 2.75) is 51.0 Å². The van der Waals surface area contributed by atoms with E-state index in [1.165, 1.54) is 30.9 Å². The van der Waals surface area contributed by atoms with Gasteiger partial charge in [0.2, 0.25) is 10.0 Å². The third-order valence-corrected chi connectivity index (χ3v) is 9.25. The van der Waals surface area contributed by atoms with E-state index in [9.17, 15) is 13.2 Å². The molecule has 2 N–H and O–H groups in total. The summed E-state index contributed by atoms with van der Waals surface area (Å²) in [5, 5.41) is 6.17. The molecule has 0 radical (unpaired) electrons. The van der Waals surface area contributed by atoms with Crippen LogP contribution in [0.3, 0.4) is 0 Å². The van der Waals surface area contributed by atoms with Gasteiger partial charge < -0.3 is 15.4 Å². The molecule has 168 valence electrons. The summed E-state index contributed by atoms with van der Waals surface area (Å²) in [5.74, 6) is 0.394. The molecular formula is C22H35N3O4S. The lowest BCUT2D eigenvalue weighted by Crippen LogP contribution is -2.52. The third-order valence-electron chi connectivity index (χ3n) is 7.36. The topological polar surface area (TPSA) is 87.7 Å². The van der Waals surface area contributed by atoms with Crippen LogP contribution in [0.25, 0.3) is 0 Å². The summed E-state index contributed by atoms with van der Waals surface area (Å²) >= 11 is 0. The second-order valence-corrected chi connectivity index (χ2v) is 11.6. The van der Waals surface area contributed by atoms with Gasteiger partial charge in [0.15, 0.2) is 0 Å². The Hall–Kier alpha value is -1.64. The monoisotopic (exact) mass is 437 g/mol. The van der Waals surface area contributed by atoms with Gasteiger partial charge in [-0.2, -0.15) is 4.31 Å². The normalized spacial score (nSPS) is 27.4. The number of benzene rings is 1. The molecule has 7 nitrogen and oxygen atoms in total. The fourth-order valence-corrected chi connectivity index (χ4v) is 6.84. The molecule has 1 aromatic carbocycles. The molecule has 0 saturated heterocycles. The lowest BCUT2D eigenvalue weighted by molar-refractivity contribution is 0.0737. The van der Waals surface area contributed by atoms with E-state index < -0.39 is 10.0 Å². The molecule has 3 rings (SSSR count). The van der Waals surface area contributed by atoms with Gasteiger partial charge in [-0.15, -0.1) is 0 Å². The third kappa shape index (κ3) is 3.85. The summed E-state index contributed by atoms with van der Waals surface area (Å²) in [6.07, 6.45) is 3.46. The van der Waals surface area contributed by atoms with Gasteiger partial charge in [-0.3, -0.25) is 4.79 Å². The van der Waals surface area contributed by atoms with Crippen molar-refractivity contribution in [1.82, 2.24) is 9.62 Å². The van der Waals surface area contributed by atoms with Gasteiger partial charge in [0.1, 0.15) is 4.90 Å². The van der Waals surface area contributed by atoms with Crippen LogP contribution in [0.1, 0.15) is 50.4 Å². The summed E-state index contributed by atoms with van der Waals surface area (Å²) in [7, 11) is 0.942. The minimum atomic E-state index is -3.77. The fourth-order valence-electron chi connectivity index (χ4n) is 5.47. The maximum absolute atomic E-state index is 13.2. The van der Waals surface area contributed by atoms with Crippen LogP contribution in [0.15, 0.2) is 23.1 Å². The van der Waals surface area contributed by atoms with E-state index >= 15 is 0 Å². The molecule has 2 fully saturated rings. The van der Waals surface area contributed by atoms with Crippen LogP contribution < -0.4 is 10.6 Å². The molecule has 3 atom stereocenters. The minimum absolute atomic E-state index is 0.0306. The number of ether oxygens (including phenoxy) is 1. The highest BCUT2D eigenvalue weighted by molar-refractivity contribution is 7.89. The quantitative estimate of drug-likeness (QED) is 0.653. The number of hydrogen-bond acceptors (Lipinski definition) is 5. The molecule has 0 aliphatic heterocycles. The molecule has 2 bridgehead atoms. The van der Waals surface area contributed by atoms with Gasteiger partial charge in [-0.1, -0.05) is 20.8 Å². The maximum atomic E-state index is 13.2. The molecule has 2 aliphatic rings. The smallest absolute Gasteiger partial charge is 0.251 e. The van der Waals surface area contributed by atoms with Crippen molar-refractivity contribution >= 4 is 21.6 Å². The zero-order valence-electron chi connectivity index (χ0n) is 18.9. The average molecular weight is 438 g/mol. The SMILES string of the molecule is CNc1ccc(C(=O)NC2C(C)(C)[C@@H]3CC[C@]2(C)C3)cc1S(=O)(=O)N(C)CCOC. The number of nitrogens with one attached hydrogen (secondary N) is 2. The van der Waals surface area contributed by atoms with Gasteiger partial charge in [0.05, 0.1) is 12.3 Å². The molecule has 0 spiro atoms. The van der Waals surface area contributed by atoms with Crippen LogP contribution in [-0.2, 0) is 14.8 Å². The molecule has 0 aromatic heterocycles. The summed E-state index contributed by atoms with van der Waals surface area (Å²) < 4.78 is 32.4. The Morgan fingerprint density at radius 3 is 2.57 bits per heavy atom. The molecule has 1 amide bonds. The van der Waals surface area contributed by atoms with Gasteiger partial charge in [-0.05, 0) is 54.2 Å². The number of amides is 1. The van der Waals surface area contributed by atoms with Crippen LogP contribution in [0, 0.1) is 16.7 Å². The first-order valence-electron chi connectivity index (χ1n) is 10.6. The highest BCUT2D eigenvalue weighted by Gasteiger charge is 2.59. The van der Waals surface area contributed by atoms with Crippen molar-refractivity contribution in [3.05, 3.63) is 23.8 Å². The Morgan fingerprint density at radius 2 is 2.00 bits per heavy atom. The predicted octanol–water partition coefficient (Wildman–Crippen LogP) is 2.94. The molecule has 8 heteroatoms. The Morgan fingerprint density at radius 1 is 1.30 bits per heavy atom. The maximum Gasteiger partial charge on any atom is 0.251 e. The molecule has 2 aliphatic carbocycles. The first-order valence-corrected chi connectivity index (χ1v) is 12.0. The molecule has 2 saturated carbocycles. The van der Waals surface area contributed by atoms with Crippen molar-refractivity contribution in [3.8, 4) is 0 Å². The number of anilines is 1. The highest BCUT2D eigenvalue weighted by atomic mass is 32.2. The van der Waals surface area contributed by atoms with E-state index in [4.69, 9.17) is 4.74 Å².